The SMILES string of the molecule is COc1ccc(NC(=S)N(CCc2cncn2Cc2ccc([N+](=O)[O-])cc2)Cc2cccc(Cl)c2Cl)cc1. The van der Waals surface area contributed by atoms with Crippen LogP contribution < -0.4 is 10.1 Å². The van der Waals surface area contributed by atoms with E-state index in [2.05, 4.69) is 10.3 Å². The van der Waals surface area contributed by atoms with E-state index in [0.29, 0.717) is 41.2 Å². The van der Waals surface area contributed by atoms with E-state index >= 15 is 0 Å². The van der Waals surface area contributed by atoms with Crippen molar-refractivity contribution in [2.24, 2.45) is 0 Å². The summed E-state index contributed by atoms with van der Waals surface area (Å²) in [4.78, 5) is 16.9. The number of anilines is 1. The highest BCUT2D eigenvalue weighted by molar-refractivity contribution is 7.80. The van der Waals surface area contributed by atoms with Gasteiger partial charge in [0.15, 0.2) is 5.11 Å². The number of non-ortho nitro benzene ring substituents is 1. The van der Waals surface area contributed by atoms with Gasteiger partial charge in [-0.3, -0.25) is 10.1 Å². The normalized spacial score (nSPS) is 10.7. The van der Waals surface area contributed by atoms with Crippen LogP contribution in [0.2, 0.25) is 10.0 Å². The summed E-state index contributed by atoms with van der Waals surface area (Å²) < 4.78 is 7.26. The zero-order valence-electron chi connectivity index (χ0n) is 20.5. The van der Waals surface area contributed by atoms with Crippen molar-refractivity contribution >= 4 is 51.9 Å². The first kappa shape index (κ1) is 27.4. The van der Waals surface area contributed by atoms with Gasteiger partial charge in [0.2, 0.25) is 0 Å². The van der Waals surface area contributed by atoms with Gasteiger partial charge in [0.05, 0.1) is 28.4 Å². The lowest BCUT2D eigenvalue weighted by Gasteiger charge is -2.27. The summed E-state index contributed by atoms with van der Waals surface area (Å²) in [5.74, 6) is 0.755. The molecule has 0 atom stereocenters. The Bertz CT molecular complexity index is 1410. The van der Waals surface area contributed by atoms with E-state index < -0.39 is 4.92 Å². The molecule has 38 heavy (non-hydrogen) atoms. The van der Waals surface area contributed by atoms with Gasteiger partial charge >= 0.3 is 0 Å². The molecule has 0 aliphatic heterocycles. The van der Waals surface area contributed by atoms with Crippen LogP contribution in [0.4, 0.5) is 11.4 Å². The molecule has 0 saturated heterocycles. The average molecular weight is 571 g/mol. The first-order valence-corrected chi connectivity index (χ1v) is 12.9. The van der Waals surface area contributed by atoms with Crippen molar-refractivity contribution in [3.8, 4) is 5.75 Å². The van der Waals surface area contributed by atoms with E-state index in [-0.39, 0.29) is 5.69 Å². The molecule has 3 aromatic carbocycles. The van der Waals surface area contributed by atoms with E-state index in [0.717, 1.165) is 28.3 Å². The number of ether oxygens (including phenoxy) is 1. The van der Waals surface area contributed by atoms with Crippen molar-refractivity contribution in [1.29, 1.82) is 0 Å². The number of thiocarbonyl (C=S) groups is 1. The number of aromatic nitrogens is 2. The fraction of sp³-hybridized carbons (Fsp3) is 0.185. The van der Waals surface area contributed by atoms with Gasteiger partial charge in [0.25, 0.3) is 5.69 Å². The second-order valence-electron chi connectivity index (χ2n) is 8.48. The van der Waals surface area contributed by atoms with Crippen molar-refractivity contribution in [2.45, 2.75) is 19.5 Å². The molecule has 0 radical (unpaired) electrons. The third kappa shape index (κ3) is 7.00. The molecular weight excluding hydrogens is 545 g/mol. The van der Waals surface area contributed by atoms with E-state index in [9.17, 15) is 10.1 Å². The largest absolute Gasteiger partial charge is 0.497 e. The summed E-state index contributed by atoms with van der Waals surface area (Å²) in [5.41, 5.74) is 3.69. The van der Waals surface area contributed by atoms with E-state index in [1.165, 1.54) is 12.1 Å². The number of hydrogen-bond donors (Lipinski definition) is 1. The number of benzene rings is 3. The van der Waals surface area contributed by atoms with Gasteiger partial charge in [-0.1, -0.05) is 47.5 Å². The van der Waals surface area contributed by atoms with Crippen LogP contribution in [0.25, 0.3) is 0 Å². The predicted molar refractivity (Wildman–Crippen MR) is 154 cm³/mol. The topological polar surface area (TPSA) is 85.5 Å². The van der Waals surface area contributed by atoms with Crippen LogP contribution >= 0.6 is 35.4 Å². The van der Waals surface area contributed by atoms with Crippen LogP contribution in [-0.2, 0) is 19.5 Å². The molecule has 0 aliphatic rings. The molecule has 0 aliphatic carbocycles. The van der Waals surface area contributed by atoms with Crippen LogP contribution in [0, 0.1) is 10.1 Å². The van der Waals surface area contributed by atoms with Crippen LogP contribution in [0.15, 0.2) is 79.3 Å². The lowest BCUT2D eigenvalue weighted by atomic mass is 10.2. The quantitative estimate of drug-likeness (QED) is 0.131. The lowest BCUT2D eigenvalue weighted by Crippen LogP contribution is -2.36. The first-order chi connectivity index (χ1) is 18.3. The average Bonchev–Trinajstić information content (AvgIpc) is 3.36. The molecule has 0 bridgehead atoms. The molecule has 4 aromatic rings. The molecular formula is C27H25Cl2N5O3S. The number of halogens is 2. The third-order valence-corrected chi connectivity index (χ3v) is 7.18. The molecule has 1 aromatic heterocycles. The molecule has 0 amide bonds. The zero-order valence-corrected chi connectivity index (χ0v) is 22.8. The van der Waals surface area contributed by atoms with Gasteiger partial charge in [-0.2, -0.15) is 0 Å². The van der Waals surface area contributed by atoms with Gasteiger partial charge in [-0.25, -0.2) is 4.98 Å². The Morgan fingerprint density at radius 3 is 2.55 bits per heavy atom. The number of nitro groups is 1. The maximum absolute atomic E-state index is 11.0. The number of hydrogen-bond acceptors (Lipinski definition) is 5. The highest BCUT2D eigenvalue weighted by atomic mass is 35.5. The third-order valence-electron chi connectivity index (χ3n) is 5.96. The summed E-state index contributed by atoms with van der Waals surface area (Å²) in [6.45, 7) is 1.58. The fourth-order valence-electron chi connectivity index (χ4n) is 3.87. The fourth-order valence-corrected chi connectivity index (χ4v) is 4.53. The van der Waals surface area contributed by atoms with Crippen molar-refractivity contribution in [2.75, 3.05) is 19.0 Å². The number of methoxy groups -OCH3 is 1. The van der Waals surface area contributed by atoms with E-state index in [4.69, 9.17) is 40.2 Å². The molecule has 0 unspecified atom stereocenters. The standard InChI is InChI=1S/C27H25Cl2N5O3S/c1-37-24-11-7-21(8-12-24)31-27(38)32(17-20-3-2-4-25(28)26(20)29)14-13-23-15-30-18-33(23)16-19-5-9-22(10-6-19)34(35)36/h2-12,15,18H,13-14,16-17H2,1H3,(H,31,38). The minimum atomic E-state index is -0.407. The molecule has 8 nitrogen and oxygen atoms in total. The Labute approximate surface area is 235 Å². The monoisotopic (exact) mass is 569 g/mol. The number of imidazole rings is 1. The van der Waals surface area contributed by atoms with Gasteiger partial charge in [-0.05, 0) is 53.7 Å². The van der Waals surface area contributed by atoms with Crippen LogP contribution in [0.3, 0.4) is 0 Å². The Morgan fingerprint density at radius 1 is 1.13 bits per heavy atom. The van der Waals surface area contributed by atoms with E-state index in [1.807, 2.05) is 52.1 Å². The van der Waals surface area contributed by atoms with Crippen molar-refractivity contribution in [3.05, 3.63) is 116 Å². The number of rotatable bonds is 10. The second-order valence-corrected chi connectivity index (χ2v) is 9.65. The smallest absolute Gasteiger partial charge is 0.269 e. The van der Waals surface area contributed by atoms with Crippen LogP contribution in [-0.4, -0.2) is 38.1 Å². The molecule has 11 heteroatoms. The predicted octanol–water partition coefficient (Wildman–Crippen LogP) is 6.60. The maximum Gasteiger partial charge on any atom is 0.269 e. The van der Waals surface area contributed by atoms with Crippen molar-refractivity contribution < 1.29 is 9.66 Å². The van der Waals surface area contributed by atoms with Crippen LogP contribution in [0.5, 0.6) is 5.75 Å². The Morgan fingerprint density at radius 2 is 1.87 bits per heavy atom. The Hall–Kier alpha value is -3.66. The molecule has 1 heterocycles. The Balaban J connectivity index is 1.50. The summed E-state index contributed by atoms with van der Waals surface area (Å²) >= 11 is 18.5. The van der Waals surface area contributed by atoms with Gasteiger partial charge in [-0.15, -0.1) is 0 Å². The zero-order chi connectivity index (χ0) is 27.1. The minimum Gasteiger partial charge on any atom is -0.497 e. The highest BCUT2D eigenvalue weighted by Gasteiger charge is 2.16. The molecule has 0 spiro atoms. The Kier molecular flexibility index (Phi) is 9.17. The van der Waals surface area contributed by atoms with Crippen LogP contribution in [0.1, 0.15) is 16.8 Å². The molecule has 0 saturated carbocycles. The number of nitrogens with zero attached hydrogens (tertiary/aromatic N) is 4. The summed E-state index contributed by atoms with van der Waals surface area (Å²) in [5, 5.41) is 15.8. The summed E-state index contributed by atoms with van der Waals surface area (Å²) in [7, 11) is 1.62. The van der Waals surface area contributed by atoms with E-state index in [1.54, 1.807) is 31.6 Å². The van der Waals surface area contributed by atoms with Crippen molar-refractivity contribution in [3.63, 3.8) is 0 Å². The lowest BCUT2D eigenvalue weighted by molar-refractivity contribution is -0.384. The molecule has 4 rings (SSSR count). The van der Waals surface area contributed by atoms with Gasteiger partial charge in [0.1, 0.15) is 5.75 Å². The highest BCUT2D eigenvalue weighted by Crippen LogP contribution is 2.27. The molecule has 196 valence electrons. The number of nitro benzene ring substituents is 1. The van der Waals surface area contributed by atoms with Crippen molar-refractivity contribution in [1.82, 2.24) is 14.5 Å². The second kappa shape index (κ2) is 12.7. The molecule has 1 N–H and O–H groups in total. The minimum absolute atomic E-state index is 0.0628. The summed E-state index contributed by atoms with van der Waals surface area (Å²) in [6, 6.07) is 19.6. The maximum atomic E-state index is 11.0. The van der Waals surface area contributed by atoms with Gasteiger partial charge < -0.3 is 19.5 Å². The first-order valence-electron chi connectivity index (χ1n) is 11.7. The van der Waals surface area contributed by atoms with Gasteiger partial charge in [0, 0.05) is 55.8 Å². The number of nitrogens with one attached hydrogen (secondary N) is 1. The molecule has 0 fully saturated rings. The summed E-state index contributed by atoms with van der Waals surface area (Å²) in [6.07, 6.45) is 4.22.